The van der Waals surface area contributed by atoms with Crippen molar-refractivity contribution in [3.63, 3.8) is 0 Å². The molecule has 0 fully saturated rings. The van der Waals surface area contributed by atoms with Crippen molar-refractivity contribution in [3.8, 4) is 11.5 Å². The predicted molar refractivity (Wildman–Crippen MR) is 94.7 cm³/mol. The van der Waals surface area contributed by atoms with Crippen LogP contribution in [0.5, 0.6) is 11.5 Å². The summed E-state index contributed by atoms with van der Waals surface area (Å²) in [5.41, 5.74) is -1.20. The largest absolute Gasteiger partial charge is 0.449 e. The van der Waals surface area contributed by atoms with Crippen LogP contribution < -0.4 is 9.46 Å². The van der Waals surface area contributed by atoms with E-state index in [0.717, 1.165) is 6.07 Å². The predicted octanol–water partition coefficient (Wildman–Crippen LogP) is 4.12. The number of rotatable bonds is 5. The van der Waals surface area contributed by atoms with Gasteiger partial charge in [0, 0.05) is 11.6 Å². The van der Waals surface area contributed by atoms with Gasteiger partial charge < -0.3 is 4.74 Å². The van der Waals surface area contributed by atoms with Crippen LogP contribution in [0.25, 0.3) is 0 Å². The van der Waals surface area contributed by atoms with Gasteiger partial charge in [0.15, 0.2) is 0 Å². The maximum absolute atomic E-state index is 12.4. The van der Waals surface area contributed by atoms with E-state index in [1.165, 1.54) is 12.1 Å². The first-order valence-corrected chi connectivity index (χ1v) is 9.10. The van der Waals surface area contributed by atoms with Gasteiger partial charge in [-0.05, 0) is 45.0 Å². The second kappa shape index (κ2) is 6.99. The molecule has 0 radical (unpaired) electrons. The third-order valence-corrected chi connectivity index (χ3v) is 5.00. The Labute approximate surface area is 150 Å². The minimum Gasteiger partial charge on any atom is -0.449 e. The molecule has 0 aliphatic rings. The molecule has 0 unspecified atom stereocenters. The molecule has 0 atom stereocenters. The minimum atomic E-state index is -3.91. The van der Waals surface area contributed by atoms with Crippen LogP contribution in [0.3, 0.4) is 0 Å². The summed E-state index contributed by atoms with van der Waals surface area (Å²) >= 11 is 5.98. The summed E-state index contributed by atoms with van der Waals surface area (Å²) in [6.45, 7) is 5.02. The molecule has 2 rings (SSSR count). The van der Waals surface area contributed by atoms with E-state index in [-0.39, 0.29) is 21.4 Å². The number of benzene rings is 2. The highest BCUT2D eigenvalue weighted by Gasteiger charge is 2.26. The molecule has 9 heteroatoms. The maximum Gasteiger partial charge on any atom is 0.312 e. The standard InChI is InChI=1S/C16H17ClN2O5S/c1-16(2,3)18-25(22,23)11-8-9-15(13(10-11)19(20)21)24-14-7-5-4-6-12(14)17/h4-10,18H,1-3H3. The average Bonchev–Trinajstić information content (AvgIpc) is 2.47. The van der Waals surface area contributed by atoms with Gasteiger partial charge in [0.05, 0.1) is 14.8 Å². The normalized spacial score (nSPS) is 12.0. The number of nitrogens with one attached hydrogen (secondary N) is 1. The first-order valence-electron chi connectivity index (χ1n) is 7.24. The van der Waals surface area contributed by atoms with Gasteiger partial charge in [-0.2, -0.15) is 0 Å². The van der Waals surface area contributed by atoms with E-state index in [2.05, 4.69) is 4.72 Å². The third-order valence-electron chi connectivity index (χ3n) is 2.93. The SMILES string of the molecule is CC(C)(C)NS(=O)(=O)c1ccc(Oc2ccccc2Cl)c([N+](=O)[O-])c1. The van der Waals surface area contributed by atoms with Gasteiger partial charge in [0.25, 0.3) is 0 Å². The lowest BCUT2D eigenvalue weighted by atomic mass is 10.1. The molecule has 0 aromatic heterocycles. The van der Waals surface area contributed by atoms with E-state index in [1.54, 1.807) is 45.0 Å². The van der Waals surface area contributed by atoms with Crippen LogP contribution in [0, 0.1) is 10.1 Å². The molecule has 2 aromatic carbocycles. The molecule has 7 nitrogen and oxygen atoms in total. The Morgan fingerprint density at radius 2 is 1.76 bits per heavy atom. The molecule has 0 saturated heterocycles. The quantitative estimate of drug-likeness (QED) is 0.617. The molecule has 0 aliphatic heterocycles. The number of para-hydroxylation sites is 1. The van der Waals surface area contributed by atoms with E-state index in [0.29, 0.717) is 0 Å². The lowest BCUT2D eigenvalue weighted by Crippen LogP contribution is -2.40. The maximum atomic E-state index is 12.4. The van der Waals surface area contributed by atoms with Gasteiger partial charge in [-0.25, -0.2) is 13.1 Å². The summed E-state index contributed by atoms with van der Waals surface area (Å²) in [6, 6.07) is 9.93. The first-order chi connectivity index (χ1) is 11.5. The molecular weight excluding hydrogens is 368 g/mol. The Hall–Kier alpha value is -2.16. The van der Waals surface area contributed by atoms with Crippen molar-refractivity contribution in [2.45, 2.75) is 31.2 Å². The van der Waals surface area contributed by atoms with Crippen LogP contribution >= 0.6 is 11.6 Å². The van der Waals surface area contributed by atoms with Crippen molar-refractivity contribution in [2.24, 2.45) is 0 Å². The summed E-state index contributed by atoms with van der Waals surface area (Å²) in [4.78, 5) is 10.4. The Bertz CT molecular complexity index is 907. The van der Waals surface area contributed by atoms with Gasteiger partial charge in [-0.3, -0.25) is 10.1 Å². The summed E-state index contributed by atoms with van der Waals surface area (Å²) in [6.07, 6.45) is 0. The van der Waals surface area contributed by atoms with Crippen LogP contribution in [-0.2, 0) is 10.0 Å². The van der Waals surface area contributed by atoms with Gasteiger partial charge in [0.1, 0.15) is 5.75 Å². The monoisotopic (exact) mass is 384 g/mol. The van der Waals surface area contributed by atoms with E-state index >= 15 is 0 Å². The lowest BCUT2D eigenvalue weighted by Gasteiger charge is -2.20. The first kappa shape index (κ1) is 19.2. The van der Waals surface area contributed by atoms with Gasteiger partial charge in [-0.15, -0.1) is 0 Å². The van der Waals surface area contributed by atoms with Crippen molar-refractivity contribution in [1.29, 1.82) is 0 Å². The average molecular weight is 385 g/mol. The molecule has 0 heterocycles. The van der Waals surface area contributed by atoms with E-state index < -0.39 is 26.2 Å². The third kappa shape index (κ3) is 4.91. The number of halogens is 1. The molecular formula is C16H17ClN2O5S. The molecule has 0 bridgehead atoms. The summed E-state index contributed by atoms with van der Waals surface area (Å²) in [5.74, 6) is 0.128. The molecule has 1 N–H and O–H groups in total. The second-order valence-electron chi connectivity index (χ2n) is 6.27. The highest BCUT2D eigenvalue weighted by Crippen LogP contribution is 2.36. The Kier molecular flexibility index (Phi) is 5.36. The summed E-state index contributed by atoms with van der Waals surface area (Å²) in [7, 11) is -3.91. The van der Waals surface area contributed by atoms with Crippen molar-refractivity contribution in [2.75, 3.05) is 0 Å². The van der Waals surface area contributed by atoms with E-state index in [1.807, 2.05) is 0 Å². The van der Waals surface area contributed by atoms with Crippen molar-refractivity contribution >= 4 is 27.3 Å². The van der Waals surface area contributed by atoms with Crippen LogP contribution in [-0.4, -0.2) is 18.9 Å². The Balaban J connectivity index is 2.45. The second-order valence-corrected chi connectivity index (χ2v) is 8.36. The lowest BCUT2D eigenvalue weighted by molar-refractivity contribution is -0.385. The molecule has 2 aromatic rings. The number of hydrogen-bond donors (Lipinski definition) is 1. The molecule has 0 aliphatic carbocycles. The van der Waals surface area contributed by atoms with Crippen molar-refractivity contribution in [1.82, 2.24) is 4.72 Å². The van der Waals surface area contributed by atoms with Crippen LogP contribution in [0.4, 0.5) is 5.69 Å². The van der Waals surface area contributed by atoms with Crippen molar-refractivity contribution < 1.29 is 18.1 Å². The smallest absolute Gasteiger partial charge is 0.312 e. The summed E-state index contributed by atoms with van der Waals surface area (Å²) in [5, 5.41) is 11.6. The van der Waals surface area contributed by atoms with E-state index in [9.17, 15) is 18.5 Å². The molecule has 134 valence electrons. The molecule has 25 heavy (non-hydrogen) atoms. The van der Waals surface area contributed by atoms with Gasteiger partial charge >= 0.3 is 5.69 Å². The number of nitrogens with zero attached hydrogens (tertiary/aromatic N) is 1. The van der Waals surface area contributed by atoms with Crippen LogP contribution in [0.2, 0.25) is 5.02 Å². The van der Waals surface area contributed by atoms with Crippen LogP contribution in [0.1, 0.15) is 20.8 Å². The number of hydrogen-bond acceptors (Lipinski definition) is 5. The topological polar surface area (TPSA) is 98.5 Å². The number of sulfonamides is 1. The molecule has 0 saturated carbocycles. The number of nitro benzene ring substituents is 1. The zero-order valence-corrected chi connectivity index (χ0v) is 15.4. The molecule has 0 spiro atoms. The Morgan fingerprint density at radius 3 is 2.32 bits per heavy atom. The van der Waals surface area contributed by atoms with Crippen LogP contribution in [0.15, 0.2) is 47.4 Å². The van der Waals surface area contributed by atoms with E-state index in [4.69, 9.17) is 16.3 Å². The number of nitro groups is 1. The Morgan fingerprint density at radius 1 is 1.12 bits per heavy atom. The number of ether oxygens (including phenoxy) is 1. The van der Waals surface area contributed by atoms with Gasteiger partial charge in [0.2, 0.25) is 15.8 Å². The zero-order valence-electron chi connectivity index (χ0n) is 13.8. The van der Waals surface area contributed by atoms with Gasteiger partial charge in [-0.1, -0.05) is 23.7 Å². The fraction of sp³-hybridized carbons (Fsp3) is 0.250. The van der Waals surface area contributed by atoms with Crippen molar-refractivity contribution in [3.05, 3.63) is 57.6 Å². The molecule has 0 amide bonds. The highest BCUT2D eigenvalue weighted by molar-refractivity contribution is 7.89. The fourth-order valence-electron chi connectivity index (χ4n) is 2.00. The highest BCUT2D eigenvalue weighted by atomic mass is 35.5. The fourth-order valence-corrected chi connectivity index (χ4v) is 3.61. The zero-order chi connectivity index (χ0) is 18.8. The minimum absolute atomic E-state index is 0.104. The summed E-state index contributed by atoms with van der Waals surface area (Å²) < 4.78 is 32.6.